The van der Waals surface area contributed by atoms with E-state index in [2.05, 4.69) is 17.1 Å². The summed E-state index contributed by atoms with van der Waals surface area (Å²) in [6, 6.07) is 0. The van der Waals surface area contributed by atoms with Gasteiger partial charge in [0.05, 0.1) is 5.92 Å². The second-order valence-electron chi connectivity index (χ2n) is 5.32. The third kappa shape index (κ3) is 2.62. The minimum atomic E-state index is -0.264. The van der Waals surface area contributed by atoms with Crippen molar-refractivity contribution >= 4 is 5.78 Å². The van der Waals surface area contributed by atoms with E-state index in [1.165, 1.54) is 12.8 Å². The Labute approximate surface area is 108 Å². The number of carbonyl (C=O) groups excluding carboxylic acids is 1. The highest BCUT2D eigenvalue weighted by atomic mass is 16.5. The van der Waals surface area contributed by atoms with Gasteiger partial charge in [-0.1, -0.05) is 25.4 Å². The van der Waals surface area contributed by atoms with Crippen LogP contribution in [0.2, 0.25) is 0 Å². The molecule has 0 N–H and O–H groups in total. The predicted molar refractivity (Wildman–Crippen MR) is 68.4 cm³/mol. The Bertz CT molecular complexity index is 414. The van der Waals surface area contributed by atoms with Crippen molar-refractivity contribution in [1.29, 1.82) is 0 Å². The number of hydrogen-bond acceptors (Lipinski definition) is 4. The van der Waals surface area contributed by atoms with Crippen LogP contribution >= 0.6 is 0 Å². The van der Waals surface area contributed by atoms with Gasteiger partial charge in [-0.05, 0) is 32.1 Å². The van der Waals surface area contributed by atoms with Crippen LogP contribution in [0.15, 0.2) is 4.52 Å². The van der Waals surface area contributed by atoms with Crippen molar-refractivity contribution in [3.8, 4) is 0 Å². The van der Waals surface area contributed by atoms with E-state index in [4.69, 9.17) is 4.52 Å². The fourth-order valence-electron chi connectivity index (χ4n) is 2.71. The average molecular weight is 250 g/mol. The molecule has 0 bridgehead atoms. The van der Waals surface area contributed by atoms with Crippen LogP contribution < -0.4 is 0 Å². The lowest BCUT2D eigenvalue weighted by atomic mass is 10.0. The van der Waals surface area contributed by atoms with Gasteiger partial charge in [0.1, 0.15) is 5.78 Å². The molecule has 1 aromatic rings. The molecule has 0 aliphatic heterocycles. The maximum absolute atomic E-state index is 11.6. The summed E-state index contributed by atoms with van der Waals surface area (Å²) in [7, 11) is 0. The van der Waals surface area contributed by atoms with Crippen molar-refractivity contribution in [2.75, 3.05) is 0 Å². The first-order valence-corrected chi connectivity index (χ1v) is 7.01. The first-order chi connectivity index (χ1) is 8.65. The molecule has 0 amide bonds. The molecule has 0 aromatic carbocycles. The summed E-state index contributed by atoms with van der Waals surface area (Å²) in [5.74, 6) is 2.40. The Hall–Kier alpha value is -1.19. The number of ketones is 1. The highest BCUT2D eigenvalue weighted by molar-refractivity contribution is 5.83. The van der Waals surface area contributed by atoms with Crippen LogP contribution in [-0.2, 0) is 4.79 Å². The SMILES string of the molecule is CCC(=O)C(C)c1nc(C2CCC(CC)C2)no1. The van der Waals surface area contributed by atoms with Crippen LogP contribution in [0.1, 0.15) is 76.4 Å². The lowest BCUT2D eigenvalue weighted by molar-refractivity contribution is -0.120. The van der Waals surface area contributed by atoms with E-state index in [0.717, 1.165) is 24.6 Å². The summed E-state index contributed by atoms with van der Waals surface area (Å²) in [6.07, 6.45) is 5.31. The van der Waals surface area contributed by atoms with Gasteiger partial charge >= 0.3 is 0 Å². The van der Waals surface area contributed by atoms with Gasteiger partial charge in [0.25, 0.3) is 0 Å². The van der Waals surface area contributed by atoms with Crippen molar-refractivity contribution in [3.63, 3.8) is 0 Å². The number of Topliss-reactive ketones (excluding diaryl/α,β-unsaturated/α-hetero) is 1. The summed E-state index contributed by atoms with van der Waals surface area (Å²) in [4.78, 5) is 16.0. The van der Waals surface area contributed by atoms with Crippen molar-refractivity contribution in [2.45, 2.75) is 64.7 Å². The third-order valence-electron chi connectivity index (χ3n) is 4.14. The molecule has 1 aliphatic carbocycles. The molecule has 1 saturated carbocycles. The maximum atomic E-state index is 11.6. The van der Waals surface area contributed by atoms with Gasteiger partial charge in [0, 0.05) is 12.3 Å². The minimum Gasteiger partial charge on any atom is -0.339 e. The second-order valence-corrected chi connectivity index (χ2v) is 5.32. The third-order valence-corrected chi connectivity index (χ3v) is 4.14. The van der Waals surface area contributed by atoms with Gasteiger partial charge in [-0.3, -0.25) is 4.79 Å². The zero-order valence-electron chi connectivity index (χ0n) is 11.5. The molecular formula is C14H22N2O2. The molecular weight excluding hydrogens is 228 g/mol. The Morgan fingerprint density at radius 2 is 2.22 bits per heavy atom. The summed E-state index contributed by atoms with van der Waals surface area (Å²) < 4.78 is 5.25. The van der Waals surface area contributed by atoms with E-state index in [1.807, 2.05) is 13.8 Å². The van der Waals surface area contributed by atoms with E-state index >= 15 is 0 Å². The number of rotatable bonds is 5. The first-order valence-electron chi connectivity index (χ1n) is 7.01. The van der Waals surface area contributed by atoms with Crippen LogP contribution in [0.3, 0.4) is 0 Å². The molecule has 0 spiro atoms. The van der Waals surface area contributed by atoms with E-state index in [0.29, 0.717) is 18.2 Å². The highest BCUT2D eigenvalue weighted by Crippen LogP contribution is 2.38. The zero-order valence-corrected chi connectivity index (χ0v) is 11.5. The number of aromatic nitrogens is 2. The van der Waals surface area contributed by atoms with E-state index < -0.39 is 0 Å². The predicted octanol–water partition coefficient (Wildman–Crippen LogP) is 3.45. The molecule has 2 rings (SSSR count). The Kier molecular flexibility index (Phi) is 4.15. The highest BCUT2D eigenvalue weighted by Gasteiger charge is 2.29. The Balaban J connectivity index is 2.04. The van der Waals surface area contributed by atoms with Crippen LogP contribution in [0.25, 0.3) is 0 Å². The summed E-state index contributed by atoms with van der Waals surface area (Å²) in [5, 5.41) is 4.07. The van der Waals surface area contributed by atoms with Crippen LogP contribution in [-0.4, -0.2) is 15.9 Å². The quantitative estimate of drug-likeness (QED) is 0.803. The lowest BCUT2D eigenvalue weighted by Gasteiger charge is -2.05. The Morgan fingerprint density at radius 3 is 2.83 bits per heavy atom. The van der Waals surface area contributed by atoms with Gasteiger partial charge < -0.3 is 4.52 Å². The first kappa shape index (κ1) is 13.2. The van der Waals surface area contributed by atoms with E-state index in [9.17, 15) is 4.79 Å². The van der Waals surface area contributed by atoms with Crippen LogP contribution in [0.4, 0.5) is 0 Å². The average Bonchev–Trinajstić information content (AvgIpc) is 3.04. The van der Waals surface area contributed by atoms with Gasteiger partial charge in [0.15, 0.2) is 5.82 Å². The minimum absolute atomic E-state index is 0.156. The van der Waals surface area contributed by atoms with Crippen molar-refractivity contribution in [3.05, 3.63) is 11.7 Å². The van der Waals surface area contributed by atoms with Gasteiger partial charge in [0.2, 0.25) is 5.89 Å². The number of carbonyl (C=O) groups is 1. The summed E-state index contributed by atoms with van der Waals surface area (Å²) >= 11 is 0. The monoisotopic (exact) mass is 250 g/mol. The largest absolute Gasteiger partial charge is 0.339 e. The smallest absolute Gasteiger partial charge is 0.236 e. The molecule has 3 unspecified atom stereocenters. The number of nitrogens with zero attached hydrogens (tertiary/aromatic N) is 2. The van der Waals surface area contributed by atoms with Crippen molar-refractivity contribution < 1.29 is 9.32 Å². The van der Waals surface area contributed by atoms with Crippen LogP contribution in [0.5, 0.6) is 0 Å². The van der Waals surface area contributed by atoms with Gasteiger partial charge in [-0.25, -0.2) is 0 Å². The van der Waals surface area contributed by atoms with Crippen LogP contribution in [0, 0.1) is 5.92 Å². The molecule has 1 aromatic heterocycles. The molecule has 18 heavy (non-hydrogen) atoms. The molecule has 0 saturated heterocycles. The van der Waals surface area contributed by atoms with E-state index in [-0.39, 0.29) is 11.7 Å². The molecule has 4 nitrogen and oxygen atoms in total. The topological polar surface area (TPSA) is 56.0 Å². The molecule has 4 heteroatoms. The molecule has 1 fully saturated rings. The van der Waals surface area contributed by atoms with Gasteiger partial charge in [-0.15, -0.1) is 0 Å². The van der Waals surface area contributed by atoms with E-state index in [1.54, 1.807) is 0 Å². The summed E-state index contributed by atoms with van der Waals surface area (Å²) in [6.45, 7) is 5.93. The maximum Gasteiger partial charge on any atom is 0.236 e. The van der Waals surface area contributed by atoms with Gasteiger partial charge in [-0.2, -0.15) is 4.98 Å². The molecule has 0 radical (unpaired) electrons. The molecule has 3 atom stereocenters. The Morgan fingerprint density at radius 1 is 1.44 bits per heavy atom. The molecule has 100 valence electrons. The van der Waals surface area contributed by atoms with Crippen molar-refractivity contribution in [2.24, 2.45) is 5.92 Å². The van der Waals surface area contributed by atoms with Crippen molar-refractivity contribution in [1.82, 2.24) is 10.1 Å². The molecule has 1 aliphatic rings. The lowest BCUT2D eigenvalue weighted by Crippen LogP contribution is -2.08. The fraction of sp³-hybridized carbons (Fsp3) is 0.786. The normalized spacial score (nSPS) is 25.3. The zero-order chi connectivity index (χ0) is 13.1. The number of hydrogen-bond donors (Lipinski definition) is 0. The fourth-order valence-corrected chi connectivity index (χ4v) is 2.71. The summed E-state index contributed by atoms with van der Waals surface area (Å²) in [5.41, 5.74) is 0. The molecule has 1 heterocycles. The second kappa shape index (κ2) is 5.63. The standard InChI is InChI=1S/C14H22N2O2/c1-4-10-6-7-11(8-10)13-15-14(18-16-13)9(3)12(17)5-2/h9-11H,4-8H2,1-3H3.